The van der Waals surface area contributed by atoms with E-state index in [9.17, 15) is 24.4 Å². The van der Waals surface area contributed by atoms with Gasteiger partial charge in [0.1, 0.15) is 0 Å². The maximum Gasteiger partial charge on any atom is 0.469 e. The Bertz CT molecular complexity index is 740. The molecule has 0 bridgehead atoms. The molecule has 0 heterocycles. The Morgan fingerprint density at radius 3 is 1.18 bits per heavy atom. The van der Waals surface area contributed by atoms with E-state index in [-0.39, 0.29) is 12.8 Å². The van der Waals surface area contributed by atoms with Gasteiger partial charge < -0.3 is 20.0 Å². The highest BCUT2D eigenvalue weighted by atomic mass is 31.2. The topological polar surface area (TPSA) is 141 Å². The number of carbonyl (C=O) groups is 2. The first-order valence-electron chi connectivity index (χ1n) is 18.2. The van der Waals surface area contributed by atoms with Crippen LogP contribution in [0.15, 0.2) is 0 Å². The average Bonchev–Trinajstić information content (AvgIpc) is 2.99. The van der Waals surface area contributed by atoms with E-state index in [0.29, 0.717) is 12.8 Å². The summed E-state index contributed by atoms with van der Waals surface area (Å²) in [4.78, 5) is 43.8. The van der Waals surface area contributed by atoms with Gasteiger partial charge in [-0.05, 0) is 12.8 Å². The lowest BCUT2D eigenvalue weighted by atomic mass is 9.85. The molecule has 0 aliphatic heterocycles. The van der Waals surface area contributed by atoms with Gasteiger partial charge in [0.05, 0.1) is 6.61 Å². The van der Waals surface area contributed by atoms with Gasteiger partial charge >= 0.3 is 7.82 Å². The number of phosphoric ester groups is 1. The summed E-state index contributed by atoms with van der Waals surface area (Å²) in [6.07, 6.45) is 27.5. The van der Waals surface area contributed by atoms with Crippen LogP contribution in [0.1, 0.15) is 194 Å². The van der Waals surface area contributed by atoms with Crippen molar-refractivity contribution in [1.82, 2.24) is 0 Å². The quantitative estimate of drug-likeness (QED) is 0.0400. The molecule has 0 amide bonds. The molecule has 0 spiro atoms. The van der Waals surface area contributed by atoms with Gasteiger partial charge in [-0.3, -0.25) is 14.1 Å². The van der Waals surface area contributed by atoms with Crippen LogP contribution in [-0.2, 0) is 18.7 Å². The molecule has 0 rings (SSSR count). The predicted molar refractivity (Wildman–Crippen MR) is 180 cm³/mol. The monoisotopic (exact) mass is 648 g/mol. The molecule has 0 fully saturated rings. The molecule has 8 nitrogen and oxygen atoms in total. The van der Waals surface area contributed by atoms with Crippen LogP contribution >= 0.6 is 7.82 Å². The van der Waals surface area contributed by atoms with Crippen LogP contribution in [0.5, 0.6) is 0 Å². The van der Waals surface area contributed by atoms with Gasteiger partial charge in [0, 0.05) is 12.8 Å². The Kier molecular flexibility index (Phi) is 28.2. The van der Waals surface area contributed by atoms with Crippen molar-refractivity contribution in [3.05, 3.63) is 0 Å². The third kappa shape index (κ3) is 24.6. The van der Waals surface area contributed by atoms with Gasteiger partial charge in [0.25, 0.3) is 0 Å². The maximum absolute atomic E-state index is 12.9. The van der Waals surface area contributed by atoms with Crippen molar-refractivity contribution in [2.75, 3.05) is 6.61 Å². The number of Topliss-reactive ketones (excluding diaryl/α,β-unsaturated/α-hetero) is 2. The number of phosphoric acid groups is 1. The van der Waals surface area contributed by atoms with Gasteiger partial charge in [0.15, 0.2) is 23.3 Å². The van der Waals surface area contributed by atoms with Crippen LogP contribution in [0.25, 0.3) is 0 Å². The van der Waals surface area contributed by atoms with Gasteiger partial charge in [-0.15, -0.1) is 0 Å². The van der Waals surface area contributed by atoms with Crippen LogP contribution < -0.4 is 0 Å². The summed E-state index contributed by atoms with van der Waals surface area (Å²) in [5.74, 6) is -1.52. The highest BCUT2D eigenvalue weighted by molar-refractivity contribution is 7.46. The maximum atomic E-state index is 12.9. The van der Waals surface area contributed by atoms with Crippen LogP contribution in [-0.4, -0.2) is 49.9 Å². The van der Waals surface area contributed by atoms with Crippen molar-refractivity contribution in [3.63, 3.8) is 0 Å². The first kappa shape index (κ1) is 43.4. The molecular formula is C35H69O8P. The summed E-state index contributed by atoms with van der Waals surface area (Å²) in [7, 11) is -5.02. The minimum atomic E-state index is -5.02. The zero-order valence-corrected chi connectivity index (χ0v) is 29.3. The van der Waals surface area contributed by atoms with E-state index in [1.54, 1.807) is 0 Å². The summed E-state index contributed by atoms with van der Waals surface area (Å²) in [5.41, 5.74) is -2.67. The molecule has 0 saturated heterocycles. The van der Waals surface area contributed by atoms with E-state index in [1.807, 2.05) is 0 Å². The zero-order chi connectivity index (χ0) is 32.9. The van der Waals surface area contributed by atoms with Gasteiger partial charge in [-0.25, -0.2) is 4.57 Å². The van der Waals surface area contributed by atoms with Crippen molar-refractivity contribution >= 4 is 19.4 Å². The molecule has 0 aromatic heterocycles. The molecule has 0 aliphatic carbocycles. The number of aliphatic hydroxyl groups excluding tert-OH is 1. The van der Waals surface area contributed by atoms with Gasteiger partial charge in [0.2, 0.25) is 0 Å². The second-order valence-electron chi connectivity index (χ2n) is 13.0. The number of aliphatic hydroxyl groups is 2. The Balaban J connectivity index is 4.28. The molecular weight excluding hydrogens is 579 g/mol. The first-order chi connectivity index (χ1) is 21.1. The lowest BCUT2D eigenvalue weighted by molar-refractivity contribution is -0.165. The number of carbonyl (C=O) groups excluding carboxylic acids is 2. The zero-order valence-electron chi connectivity index (χ0n) is 28.5. The molecule has 9 heteroatoms. The van der Waals surface area contributed by atoms with Crippen molar-refractivity contribution < 1.29 is 38.7 Å². The SMILES string of the molecule is CCCCCCCCCCCCCCCCCC(=O)C(O)C(O)(COP(=O)(O)O)C(=O)CCCCCCCCCCCCC. The molecule has 0 aliphatic rings. The smallest absolute Gasteiger partial charge is 0.382 e. The van der Waals surface area contributed by atoms with Crippen LogP contribution in [0.2, 0.25) is 0 Å². The number of unbranched alkanes of at least 4 members (excludes halogenated alkanes) is 24. The van der Waals surface area contributed by atoms with Crippen LogP contribution in [0, 0.1) is 0 Å². The van der Waals surface area contributed by atoms with Crippen molar-refractivity contribution in [2.24, 2.45) is 0 Å². The number of hydrogen-bond acceptors (Lipinski definition) is 6. The molecule has 2 atom stereocenters. The van der Waals surface area contributed by atoms with Crippen molar-refractivity contribution in [3.8, 4) is 0 Å². The van der Waals surface area contributed by atoms with Gasteiger partial charge in [-0.2, -0.15) is 0 Å². The summed E-state index contributed by atoms with van der Waals surface area (Å²) in [6.45, 7) is 3.32. The molecule has 44 heavy (non-hydrogen) atoms. The van der Waals surface area contributed by atoms with Crippen LogP contribution in [0.3, 0.4) is 0 Å². The fraction of sp³-hybridized carbons (Fsp3) is 0.943. The van der Waals surface area contributed by atoms with E-state index in [0.717, 1.165) is 44.9 Å². The lowest BCUT2D eigenvalue weighted by Crippen LogP contribution is -2.56. The van der Waals surface area contributed by atoms with E-state index < -0.39 is 37.7 Å². The minimum Gasteiger partial charge on any atom is -0.382 e. The molecule has 0 aromatic rings. The standard InChI is InChI=1S/C35H69O8P/c1-3-5-7-9-11-13-15-16-17-18-20-21-23-25-27-29-32(36)34(38)35(39,31-43-44(40,41)42)33(37)30-28-26-24-22-19-14-12-10-8-6-4-2/h34,38-39H,3-31H2,1-2H3,(H2,40,41,42). The summed E-state index contributed by atoms with van der Waals surface area (Å²) >= 11 is 0. The number of ketones is 2. The highest BCUT2D eigenvalue weighted by Gasteiger charge is 2.47. The molecule has 2 unspecified atom stereocenters. The van der Waals surface area contributed by atoms with E-state index in [2.05, 4.69) is 18.4 Å². The average molecular weight is 649 g/mol. The second kappa shape index (κ2) is 28.6. The minimum absolute atomic E-state index is 0.0105. The molecule has 0 aromatic carbocycles. The Morgan fingerprint density at radius 2 is 0.864 bits per heavy atom. The fourth-order valence-electron chi connectivity index (χ4n) is 5.73. The Morgan fingerprint density at radius 1 is 0.568 bits per heavy atom. The molecule has 4 N–H and O–H groups in total. The lowest BCUT2D eigenvalue weighted by Gasteiger charge is -2.30. The molecule has 262 valence electrons. The van der Waals surface area contributed by atoms with Gasteiger partial charge in [-0.1, -0.05) is 168 Å². The second-order valence-corrected chi connectivity index (χ2v) is 14.2. The molecule has 0 saturated carbocycles. The third-order valence-electron chi connectivity index (χ3n) is 8.73. The number of rotatable bonds is 34. The van der Waals surface area contributed by atoms with Crippen molar-refractivity contribution in [1.29, 1.82) is 0 Å². The van der Waals surface area contributed by atoms with E-state index >= 15 is 0 Å². The highest BCUT2D eigenvalue weighted by Crippen LogP contribution is 2.38. The normalized spacial score (nSPS) is 14.0. The van der Waals surface area contributed by atoms with Crippen molar-refractivity contribution in [2.45, 2.75) is 205 Å². The Labute approximate surface area is 269 Å². The first-order valence-corrected chi connectivity index (χ1v) is 19.8. The predicted octanol–water partition coefficient (Wildman–Crippen LogP) is 9.29. The summed E-state index contributed by atoms with van der Waals surface area (Å²) < 4.78 is 15.7. The fourth-order valence-corrected chi connectivity index (χ4v) is 6.10. The Hall–Kier alpha value is -0.630. The van der Waals surface area contributed by atoms with E-state index in [4.69, 9.17) is 9.79 Å². The van der Waals surface area contributed by atoms with Crippen LogP contribution in [0.4, 0.5) is 0 Å². The number of hydrogen-bond donors (Lipinski definition) is 4. The molecule has 0 radical (unpaired) electrons. The van der Waals surface area contributed by atoms with E-state index in [1.165, 1.54) is 109 Å². The summed E-state index contributed by atoms with van der Waals surface area (Å²) in [5, 5.41) is 21.6. The summed E-state index contributed by atoms with van der Waals surface area (Å²) in [6, 6.07) is 0. The third-order valence-corrected chi connectivity index (χ3v) is 9.19. The largest absolute Gasteiger partial charge is 0.469 e.